The third kappa shape index (κ3) is 5.41. The molecule has 1 aromatic heterocycles. The van der Waals surface area contributed by atoms with Crippen LogP contribution in [0.5, 0.6) is 0 Å². The minimum absolute atomic E-state index is 0.699. The number of nitrogens with zero attached hydrogens (tertiary/aromatic N) is 2. The van der Waals surface area contributed by atoms with Crippen LogP contribution >= 0.6 is 0 Å². The normalized spacial score (nSPS) is 11.1. The summed E-state index contributed by atoms with van der Waals surface area (Å²) in [6, 6.07) is 16.6. The van der Waals surface area contributed by atoms with Gasteiger partial charge in [0.1, 0.15) is 0 Å². The van der Waals surface area contributed by atoms with E-state index in [1.54, 1.807) is 13.1 Å². The summed E-state index contributed by atoms with van der Waals surface area (Å²) in [5, 5.41) is 4.43. The zero-order valence-corrected chi connectivity index (χ0v) is 21.1. The number of hydrogen-bond donors (Lipinski definition) is 2. The van der Waals surface area contributed by atoms with E-state index in [9.17, 15) is 0 Å². The van der Waals surface area contributed by atoms with E-state index in [-0.39, 0.29) is 0 Å². The Morgan fingerprint density at radius 2 is 2.03 bits per heavy atom. The predicted molar refractivity (Wildman–Crippen MR) is 130 cm³/mol. The fraction of sp³-hybridized carbons (Fsp3) is 0.120. The van der Waals surface area contributed by atoms with Crippen LogP contribution in [0.15, 0.2) is 78.1 Å². The first-order valence-electron chi connectivity index (χ1n) is 9.87. The van der Waals surface area contributed by atoms with Crippen molar-refractivity contribution in [3.8, 4) is 18.1 Å². The molecule has 0 fully saturated rings. The zero-order valence-electron chi connectivity index (χ0n) is 17.7. The second kappa shape index (κ2) is 10.6. The molecule has 0 bridgehead atoms. The summed E-state index contributed by atoms with van der Waals surface area (Å²) in [4.78, 5) is 9.04. The average Bonchev–Trinajstić information content (AvgIpc) is 2.76. The van der Waals surface area contributed by atoms with E-state index < -0.39 is 41.0 Å². The summed E-state index contributed by atoms with van der Waals surface area (Å²) in [7, 11) is 1.71. The average molecular weight is 468 g/mol. The molecule has 2 aromatic carbocycles. The number of nitrogens with two attached hydrogens (primary N) is 1. The van der Waals surface area contributed by atoms with Gasteiger partial charge in [0, 0.05) is 7.05 Å². The Morgan fingerprint density at radius 3 is 2.73 bits per heavy atom. The Morgan fingerprint density at radius 1 is 1.20 bits per heavy atom. The molecule has 5 heteroatoms. The molecular weight excluding hydrogens is 444 g/mol. The van der Waals surface area contributed by atoms with Crippen LogP contribution in [0.4, 0.5) is 5.69 Å². The monoisotopic (exact) mass is 468 g/mol. The molecule has 30 heavy (non-hydrogen) atoms. The van der Waals surface area contributed by atoms with Gasteiger partial charge in [0.15, 0.2) is 0 Å². The molecule has 3 aromatic rings. The minimum Gasteiger partial charge on any atom is -0.405 e. The first kappa shape index (κ1) is 22.3. The second-order valence-corrected chi connectivity index (χ2v) is 9.47. The molecule has 0 atom stereocenters. The molecule has 3 N–H and O–H groups in total. The summed E-state index contributed by atoms with van der Waals surface area (Å²) in [6.45, 7) is 6.11. The fourth-order valence-electron chi connectivity index (χ4n) is 3.15. The molecule has 146 valence electrons. The van der Waals surface area contributed by atoms with Crippen LogP contribution < -0.4 is 11.1 Å². The van der Waals surface area contributed by atoms with Crippen LogP contribution in [0.3, 0.4) is 0 Å². The number of aromatic nitrogens is 1. The van der Waals surface area contributed by atoms with Crippen molar-refractivity contribution in [2.75, 3.05) is 12.4 Å². The molecule has 0 spiro atoms. The summed E-state index contributed by atoms with van der Waals surface area (Å²) in [6.07, 6.45) is 3.18. The number of aryl methyl sites for hydroxylation is 1. The van der Waals surface area contributed by atoms with Crippen molar-refractivity contribution in [3.63, 3.8) is 0 Å². The number of rotatable bonds is 5. The van der Waals surface area contributed by atoms with Gasteiger partial charge in [-0.3, -0.25) is 4.99 Å². The van der Waals surface area contributed by atoms with Crippen LogP contribution in [-0.2, 0) is 0 Å². The Bertz CT molecular complexity index is 1210. The van der Waals surface area contributed by atoms with Gasteiger partial charge in [-0.1, -0.05) is 6.58 Å². The van der Waals surface area contributed by atoms with Crippen molar-refractivity contribution in [2.24, 2.45) is 10.7 Å². The van der Waals surface area contributed by atoms with Gasteiger partial charge < -0.3 is 11.1 Å². The fourth-order valence-corrected chi connectivity index (χ4v) is 4.08. The quantitative estimate of drug-likeness (QED) is 0.323. The molecule has 0 aliphatic carbocycles. The molecule has 0 saturated carbocycles. The van der Waals surface area contributed by atoms with Gasteiger partial charge in [0.25, 0.3) is 0 Å². The molecule has 0 amide bonds. The Hall–Kier alpha value is -2.36. The van der Waals surface area contributed by atoms with Gasteiger partial charge in [0.05, 0.1) is 11.4 Å². The molecule has 3 rings (SSSR count). The van der Waals surface area contributed by atoms with Crippen molar-refractivity contribution < 1.29 is 0 Å². The van der Waals surface area contributed by atoms with Crippen LogP contribution in [0.2, 0.25) is 1.89 Å². The van der Waals surface area contributed by atoms with Crippen LogP contribution in [0.1, 0.15) is 11.1 Å². The van der Waals surface area contributed by atoms with Crippen LogP contribution in [-0.4, -0.2) is 58.8 Å². The van der Waals surface area contributed by atoms with Crippen LogP contribution in [0.25, 0.3) is 22.2 Å². The zero-order chi connectivity index (χ0) is 21.5. The van der Waals surface area contributed by atoms with E-state index in [2.05, 4.69) is 75.0 Å². The van der Waals surface area contributed by atoms with E-state index in [1.807, 2.05) is 6.07 Å². The molecule has 0 aliphatic heterocycles. The van der Waals surface area contributed by atoms with Crippen molar-refractivity contribution in [1.82, 2.24) is 4.98 Å². The number of nitrogens with one attached hydrogen (secondary N) is 1. The Labute approximate surface area is 200 Å². The number of pyridine rings is 1. The van der Waals surface area contributed by atoms with E-state index in [0.717, 1.165) is 39.0 Å². The van der Waals surface area contributed by atoms with Gasteiger partial charge in [-0.2, -0.15) is 0 Å². The number of hydrogen-bond acceptors (Lipinski definition) is 4. The molecule has 4 nitrogen and oxygen atoms in total. The number of aliphatic imine (C=N–C) groups is 1. The van der Waals surface area contributed by atoms with Gasteiger partial charge in [-0.15, -0.1) is 0 Å². The van der Waals surface area contributed by atoms with E-state index in [4.69, 9.17) is 10.7 Å². The van der Waals surface area contributed by atoms with Crippen molar-refractivity contribution in [3.05, 3.63) is 84.2 Å². The molecule has 0 unspecified atom stereocenters. The smallest absolute Gasteiger partial charge is 0.405 e. The molecule has 0 saturated heterocycles. The summed E-state index contributed by atoms with van der Waals surface area (Å²) in [5.74, 6) is 3.26. The maximum absolute atomic E-state index is 5.48. The van der Waals surface area contributed by atoms with Gasteiger partial charge in [-0.05, 0) is 12.3 Å². The first-order valence-corrected chi connectivity index (χ1v) is 15.1. The number of benzene rings is 2. The second-order valence-electron chi connectivity index (χ2n) is 6.86. The number of anilines is 1. The predicted octanol–water partition coefficient (Wildman–Crippen LogP) is 4.74. The topological polar surface area (TPSA) is 63.3 Å². The van der Waals surface area contributed by atoms with Gasteiger partial charge >= 0.3 is 149 Å². The Kier molecular flexibility index (Phi) is 7.89. The SMILES string of the molecule is C=C(Nc1ccc(-c2ccc3cc(C#[C][Sr][CH3])ccc3n2)cc1C)C(/C=C\N)=NC. The van der Waals surface area contributed by atoms with Crippen LogP contribution in [0, 0.1) is 13.7 Å². The summed E-state index contributed by atoms with van der Waals surface area (Å²) in [5.41, 5.74) is 13.0. The summed E-state index contributed by atoms with van der Waals surface area (Å²) < 4.78 is 5.58. The molecule has 0 aliphatic rings. The minimum atomic E-state index is -0.812. The van der Waals surface area contributed by atoms with E-state index in [1.165, 1.54) is 6.20 Å². The number of fused-ring (bicyclic) bond motifs is 1. The van der Waals surface area contributed by atoms with Crippen molar-refractivity contribution in [1.29, 1.82) is 0 Å². The Balaban J connectivity index is 1.87. The van der Waals surface area contributed by atoms with Gasteiger partial charge in [0.2, 0.25) is 0 Å². The van der Waals surface area contributed by atoms with E-state index in [0.29, 0.717) is 11.4 Å². The standard InChI is InChI=1S/C24H21N4.CH3.Sr/c1-5-18-6-9-23-20(15-18)8-11-24(28-23)19-7-10-21(16(2)14-19)27-17(3)22(26-4)12-13-25;;/h6-15,27H,3,25H2,2,4H3;1H3;/b13-12-,26-22?;;. The molecule has 0 radical (unpaired) electrons. The molecular formula is C25H24N4Sr. The third-order valence-electron chi connectivity index (χ3n) is 4.71. The summed E-state index contributed by atoms with van der Waals surface area (Å²) >= 11 is -0.812. The van der Waals surface area contributed by atoms with E-state index >= 15 is 0 Å². The first-order chi connectivity index (χ1) is 14.5. The molecule has 1 heterocycles. The van der Waals surface area contributed by atoms with Gasteiger partial charge in [-0.25, -0.2) is 0 Å². The third-order valence-corrected chi connectivity index (χ3v) is 6.01. The maximum atomic E-state index is 5.48. The van der Waals surface area contributed by atoms with Crippen molar-refractivity contribution >= 4 is 63.3 Å². The number of allylic oxidation sites excluding steroid dienone is 1. The van der Waals surface area contributed by atoms with Crippen molar-refractivity contribution in [2.45, 2.75) is 8.82 Å².